The fourth-order valence-electron chi connectivity index (χ4n) is 3.26. The van der Waals surface area contributed by atoms with Crippen LogP contribution in [0, 0.1) is 0 Å². The Kier molecular flexibility index (Phi) is 5.85. The number of anilines is 1. The van der Waals surface area contributed by atoms with Crippen LogP contribution < -0.4 is 10.6 Å². The Morgan fingerprint density at radius 2 is 1.70 bits per heavy atom. The summed E-state index contributed by atoms with van der Waals surface area (Å²) >= 11 is 11.8. The minimum absolute atomic E-state index is 0.0307. The van der Waals surface area contributed by atoms with Gasteiger partial charge in [-0.05, 0) is 41.7 Å². The molecule has 6 nitrogen and oxygen atoms in total. The van der Waals surface area contributed by atoms with E-state index in [1.807, 2.05) is 24.3 Å². The molecule has 2 N–H and O–H groups in total. The average molecular weight is 448 g/mol. The van der Waals surface area contributed by atoms with Gasteiger partial charge in [-0.2, -0.15) is 0 Å². The number of amides is 4. The van der Waals surface area contributed by atoms with Crippen molar-refractivity contribution in [2.75, 3.05) is 11.9 Å². The lowest BCUT2D eigenvalue weighted by atomic mass is 9.84. The Morgan fingerprint density at radius 3 is 2.27 bits per heavy atom. The molecule has 158 valence electrons. The van der Waals surface area contributed by atoms with E-state index in [0.717, 1.165) is 10.5 Å². The van der Waals surface area contributed by atoms with Crippen molar-refractivity contribution in [2.45, 2.75) is 38.6 Å². The van der Waals surface area contributed by atoms with Gasteiger partial charge in [-0.25, -0.2) is 4.79 Å². The van der Waals surface area contributed by atoms with Crippen LogP contribution in [0.5, 0.6) is 0 Å². The quantitative estimate of drug-likeness (QED) is 0.666. The van der Waals surface area contributed by atoms with Crippen molar-refractivity contribution in [3.8, 4) is 0 Å². The SMILES string of the molecule is CC(C)(C)c1ccc([C@]2(C)NC(=O)N(CC(=O)Nc3ccc(Cl)c(Cl)c3)C2=O)cc1. The first-order valence-electron chi connectivity index (χ1n) is 9.42. The predicted molar refractivity (Wildman–Crippen MR) is 118 cm³/mol. The fraction of sp³-hybridized carbons (Fsp3) is 0.318. The van der Waals surface area contributed by atoms with Gasteiger partial charge in [-0.1, -0.05) is 68.2 Å². The van der Waals surface area contributed by atoms with Gasteiger partial charge in [0.25, 0.3) is 5.91 Å². The third-order valence-corrected chi connectivity index (χ3v) is 5.85. The number of nitrogens with one attached hydrogen (secondary N) is 2. The van der Waals surface area contributed by atoms with Crippen molar-refractivity contribution in [1.82, 2.24) is 10.2 Å². The van der Waals surface area contributed by atoms with E-state index in [2.05, 4.69) is 31.4 Å². The maximum atomic E-state index is 13.0. The van der Waals surface area contributed by atoms with E-state index < -0.39 is 29.9 Å². The maximum absolute atomic E-state index is 13.0. The molecule has 30 heavy (non-hydrogen) atoms. The van der Waals surface area contributed by atoms with Gasteiger partial charge >= 0.3 is 6.03 Å². The first-order valence-corrected chi connectivity index (χ1v) is 10.2. The number of imide groups is 1. The number of carbonyl (C=O) groups is 3. The van der Waals surface area contributed by atoms with E-state index in [9.17, 15) is 14.4 Å². The zero-order valence-electron chi connectivity index (χ0n) is 17.2. The van der Waals surface area contributed by atoms with Crippen LogP contribution in [0.25, 0.3) is 0 Å². The van der Waals surface area contributed by atoms with E-state index in [4.69, 9.17) is 23.2 Å². The largest absolute Gasteiger partial charge is 0.325 e. The van der Waals surface area contributed by atoms with Crippen molar-refractivity contribution in [2.24, 2.45) is 0 Å². The van der Waals surface area contributed by atoms with E-state index in [0.29, 0.717) is 16.3 Å². The lowest BCUT2D eigenvalue weighted by Crippen LogP contribution is -2.42. The van der Waals surface area contributed by atoms with Crippen molar-refractivity contribution < 1.29 is 14.4 Å². The van der Waals surface area contributed by atoms with Crippen LogP contribution >= 0.6 is 23.2 Å². The standard InChI is InChI=1S/C22H23Cl2N3O3/c1-21(2,3)13-5-7-14(8-6-13)22(4)19(29)27(20(30)26-22)12-18(28)25-15-9-10-16(23)17(24)11-15/h5-11H,12H2,1-4H3,(H,25,28)(H,26,30)/t22-/m0/s1. The highest BCUT2D eigenvalue weighted by Crippen LogP contribution is 2.31. The monoisotopic (exact) mass is 447 g/mol. The second kappa shape index (κ2) is 7.93. The molecule has 4 amide bonds. The molecule has 0 radical (unpaired) electrons. The molecule has 1 aliphatic heterocycles. The van der Waals surface area contributed by atoms with Gasteiger partial charge in [0.05, 0.1) is 10.0 Å². The molecule has 1 saturated heterocycles. The zero-order valence-corrected chi connectivity index (χ0v) is 18.7. The third kappa shape index (κ3) is 4.30. The predicted octanol–water partition coefficient (Wildman–Crippen LogP) is 4.70. The number of nitrogens with zero attached hydrogens (tertiary/aromatic N) is 1. The summed E-state index contributed by atoms with van der Waals surface area (Å²) < 4.78 is 0. The molecule has 1 atom stereocenters. The Morgan fingerprint density at radius 1 is 1.07 bits per heavy atom. The molecule has 2 aromatic carbocycles. The summed E-state index contributed by atoms with van der Waals surface area (Å²) in [7, 11) is 0. The summed E-state index contributed by atoms with van der Waals surface area (Å²) in [4.78, 5) is 38.8. The smallest absolute Gasteiger partial charge is 0.324 e. The molecule has 0 bridgehead atoms. The van der Waals surface area contributed by atoms with Crippen LogP contribution in [0.3, 0.4) is 0 Å². The van der Waals surface area contributed by atoms with Crippen molar-refractivity contribution in [3.05, 3.63) is 63.6 Å². The summed E-state index contributed by atoms with van der Waals surface area (Å²) in [6.07, 6.45) is 0. The fourth-order valence-corrected chi connectivity index (χ4v) is 3.56. The Balaban J connectivity index is 1.75. The Bertz CT molecular complexity index is 1020. The zero-order chi connectivity index (χ0) is 22.3. The maximum Gasteiger partial charge on any atom is 0.325 e. The van der Waals surface area contributed by atoms with Crippen LogP contribution in [-0.2, 0) is 20.5 Å². The average Bonchev–Trinajstić information content (AvgIpc) is 2.88. The van der Waals surface area contributed by atoms with Crippen LogP contribution in [0.2, 0.25) is 10.0 Å². The lowest BCUT2D eigenvalue weighted by Gasteiger charge is -2.24. The number of hydrogen-bond acceptors (Lipinski definition) is 3. The van der Waals surface area contributed by atoms with E-state index in [1.54, 1.807) is 19.1 Å². The van der Waals surface area contributed by atoms with Gasteiger partial charge in [0, 0.05) is 5.69 Å². The normalized spacial score (nSPS) is 19.1. The molecule has 0 saturated carbocycles. The van der Waals surface area contributed by atoms with Gasteiger partial charge in [0.1, 0.15) is 12.1 Å². The highest BCUT2D eigenvalue weighted by atomic mass is 35.5. The Labute approximate surface area is 185 Å². The molecule has 0 aliphatic carbocycles. The summed E-state index contributed by atoms with van der Waals surface area (Å²) in [5.74, 6) is -1.01. The molecular formula is C22H23Cl2N3O3. The number of urea groups is 1. The highest BCUT2D eigenvalue weighted by Gasteiger charge is 2.49. The minimum Gasteiger partial charge on any atom is -0.324 e. The summed E-state index contributed by atoms with van der Waals surface area (Å²) in [6, 6.07) is 11.6. The molecule has 1 fully saturated rings. The number of rotatable bonds is 4. The van der Waals surface area contributed by atoms with E-state index in [1.165, 1.54) is 6.07 Å². The number of benzene rings is 2. The molecule has 0 spiro atoms. The van der Waals surface area contributed by atoms with Gasteiger partial charge < -0.3 is 10.6 Å². The first-order chi connectivity index (χ1) is 13.9. The number of hydrogen-bond donors (Lipinski definition) is 2. The van der Waals surface area contributed by atoms with Crippen LogP contribution in [0.1, 0.15) is 38.8 Å². The van der Waals surface area contributed by atoms with Crippen LogP contribution in [0.15, 0.2) is 42.5 Å². The molecule has 8 heteroatoms. The molecule has 0 unspecified atom stereocenters. The number of halogens is 2. The molecule has 2 aromatic rings. The Hall–Kier alpha value is -2.57. The second-order valence-corrected chi connectivity index (χ2v) is 9.27. The van der Waals surface area contributed by atoms with Gasteiger partial charge in [-0.3, -0.25) is 14.5 Å². The molecular weight excluding hydrogens is 425 g/mol. The van der Waals surface area contributed by atoms with E-state index >= 15 is 0 Å². The third-order valence-electron chi connectivity index (χ3n) is 5.11. The number of carbonyl (C=O) groups excluding carboxylic acids is 3. The molecule has 0 aromatic heterocycles. The summed E-state index contributed by atoms with van der Waals surface area (Å²) in [5, 5.41) is 5.97. The molecule has 1 aliphatic rings. The van der Waals surface area contributed by atoms with Crippen molar-refractivity contribution >= 4 is 46.7 Å². The van der Waals surface area contributed by atoms with Gasteiger partial charge in [-0.15, -0.1) is 0 Å². The molecule has 3 rings (SSSR count). The summed E-state index contributed by atoms with van der Waals surface area (Å²) in [6.45, 7) is 7.51. The van der Waals surface area contributed by atoms with Crippen molar-refractivity contribution in [1.29, 1.82) is 0 Å². The van der Waals surface area contributed by atoms with Gasteiger partial charge in [0.15, 0.2) is 0 Å². The lowest BCUT2D eigenvalue weighted by molar-refractivity contribution is -0.133. The van der Waals surface area contributed by atoms with E-state index in [-0.39, 0.29) is 10.4 Å². The van der Waals surface area contributed by atoms with Crippen LogP contribution in [0.4, 0.5) is 10.5 Å². The van der Waals surface area contributed by atoms with Crippen LogP contribution in [-0.4, -0.2) is 29.3 Å². The topological polar surface area (TPSA) is 78.5 Å². The first kappa shape index (κ1) is 22.1. The minimum atomic E-state index is -1.24. The molecule has 1 heterocycles. The van der Waals surface area contributed by atoms with Gasteiger partial charge in [0.2, 0.25) is 5.91 Å². The highest BCUT2D eigenvalue weighted by molar-refractivity contribution is 6.42. The summed E-state index contributed by atoms with van der Waals surface area (Å²) in [5.41, 5.74) is 0.918. The van der Waals surface area contributed by atoms with Crippen molar-refractivity contribution in [3.63, 3.8) is 0 Å². The second-order valence-electron chi connectivity index (χ2n) is 8.45.